The first-order chi connectivity index (χ1) is 9.69. The lowest BCUT2D eigenvalue weighted by atomic mass is 10.1. The second-order valence-electron chi connectivity index (χ2n) is 5.29. The number of carbonyl (C=O) groups is 1. The van der Waals surface area contributed by atoms with Crippen LogP contribution in [0.5, 0.6) is 5.75 Å². The van der Waals surface area contributed by atoms with Crippen LogP contribution in [-0.4, -0.2) is 38.7 Å². The molecule has 1 aromatic rings. The topological polar surface area (TPSA) is 47.6 Å². The Morgan fingerprint density at radius 2 is 2.10 bits per heavy atom. The first kappa shape index (κ1) is 15.0. The minimum atomic E-state index is 0.104. The van der Waals surface area contributed by atoms with Gasteiger partial charge in [-0.3, -0.25) is 4.79 Å². The Hall–Kier alpha value is -1.39. The minimum absolute atomic E-state index is 0.104. The van der Waals surface area contributed by atoms with Crippen molar-refractivity contribution in [2.24, 2.45) is 0 Å². The zero-order valence-corrected chi connectivity index (χ0v) is 12.3. The Kier molecular flexibility index (Phi) is 5.56. The maximum Gasteiger partial charge on any atom is 0.162 e. The maximum absolute atomic E-state index is 12.0. The van der Waals surface area contributed by atoms with Crippen LogP contribution in [0.15, 0.2) is 18.2 Å². The normalized spacial score (nSPS) is 16.1. The predicted octanol–water partition coefficient (Wildman–Crippen LogP) is 1.88. The molecule has 110 valence electrons. The van der Waals surface area contributed by atoms with Crippen LogP contribution >= 0.6 is 0 Å². The van der Waals surface area contributed by atoms with Gasteiger partial charge in [0.15, 0.2) is 5.78 Å². The summed E-state index contributed by atoms with van der Waals surface area (Å²) in [6, 6.07) is 5.89. The van der Waals surface area contributed by atoms with Crippen LogP contribution in [0.2, 0.25) is 0 Å². The van der Waals surface area contributed by atoms with Gasteiger partial charge in [-0.1, -0.05) is 17.7 Å². The minimum Gasteiger partial charge on any atom is -0.496 e. The second kappa shape index (κ2) is 7.41. The second-order valence-corrected chi connectivity index (χ2v) is 5.29. The van der Waals surface area contributed by atoms with E-state index in [4.69, 9.17) is 9.47 Å². The van der Waals surface area contributed by atoms with Crippen molar-refractivity contribution in [2.45, 2.75) is 32.3 Å². The monoisotopic (exact) mass is 277 g/mol. The van der Waals surface area contributed by atoms with Crippen LogP contribution in [0.25, 0.3) is 0 Å². The number of hydrogen-bond acceptors (Lipinski definition) is 4. The zero-order chi connectivity index (χ0) is 14.4. The number of Topliss-reactive ketones (excluding diaryl/α,β-unsaturated/α-hetero) is 1. The Morgan fingerprint density at radius 1 is 1.35 bits per heavy atom. The Morgan fingerprint density at radius 3 is 2.80 bits per heavy atom. The van der Waals surface area contributed by atoms with Gasteiger partial charge in [-0.2, -0.15) is 0 Å². The van der Waals surface area contributed by atoms with Gasteiger partial charge in [0.25, 0.3) is 0 Å². The third-order valence-electron chi connectivity index (χ3n) is 3.59. The van der Waals surface area contributed by atoms with Crippen molar-refractivity contribution in [1.82, 2.24) is 5.32 Å². The lowest BCUT2D eigenvalue weighted by molar-refractivity contribution is -0.125. The summed E-state index contributed by atoms with van der Waals surface area (Å²) in [5, 5.41) is 3.28. The first-order valence-corrected chi connectivity index (χ1v) is 7.16. The summed E-state index contributed by atoms with van der Waals surface area (Å²) in [5.41, 5.74) is 2.07. The number of piperidine rings is 1. The molecular formula is C16H23NO3. The molecule has 0 radical (unpaired) electrons. The predicted molar refractivity (Wildman–Crippen MR) is 78.3 cm³/mol. The molecule has 4 heteroatoms. The van der Waals surface area contributed by atoms with Gasteiger partial charge in [0.1, 0.15) is 12.4 Å². The van der Waals surface area contributed by atoms with Crippen molar-refractivity contribution in [3.63, 3.8) is 0 Å². The van der Waals surface area contributed by atoms with Gasteiger partial charge >= 0.3 is 0 Å². The number of hydrogen-bond donors (Lipinski definition) is 1. The van der Waals surface area contributed by atoms with Crippen LogP contribution < -0.4 is 10.1 Å². The highest BCUT2D eigenvalue weighted by molar-refractivity contribution is 5.82. The van der Waals surface area contributed by atoms with Gasteiger partial charge in [0, 0.05) is 12.0 Å². The molecule has 1 fully saturated rings. The molecule has 1 heterocycles. The summed E-state index contributed by atoms with van der Waals surface area (Å²) < 4.78 is 11.0. The van der Waals surface area contributed by atoms with Gasteiger partial charge in [-0.15, -0.1) is 0 Å². The van der Waals surface area contributed by atoms with Crippen molar-refractivity contribution < 1.29 is 14.3 Å². The van der Waals surface area contributed by atoms with Gasteiger partial charge in [0.05, 0.1) is 13.2 Å². The molecule has 1 N–H and O–H groups in total. The van der Waals surface area contributed by atoms with Crippen LogP contribution in [0.1, 0.15) is 24.0 Å². The highest BCUT2D eigenvalue weighted by atomic mass is 16.5. The molecule has 1 saturated heterocycles. The lowest BCUT2D eigenvalue weighted by Crippen LogP contribution is -2.33. The molecule has 2 rings (SSSR count). The van der Waals surface area contributed by atoms with E-state index in [9.17, 15) is 4.79 Å². The van der Waals surface area contributed by atoms with Crippen LogP contribution in [-0.2, 0) is 16.0 Å². The third kappa shape index (κ3) is 4.32. The number of methoxy groups -OCH3 is 1. The molecular weight excluding hydrogens is 254 g/mol. The van der Waals surface area contributed by atoms with Crippen molar-refractivity contribution >= 4 is 5.78 Å². The molecule has 0 aliphatic carbocycles. The van der Waals surface area contributed by atoms with Gasteiger partial charge in [-0.05, 0) is 38.9 Å². The highest BCUT2D eigenvalue weighted by Crippen LogP contribution is 2.20. The zero-order valence-electron chi connectivity index (χ0n) is 12.3. The molecule has 0 atom stereocenters. The summed E-state index contributed by atoms with van der Waals surface area (Å²) in [6.07, 6.45) is 2.57. The Labute approximate surface area is 120 Å². The van der Waals surface area contributed by atoms with E-state index in [0.717, 1.165) is 42.8 Å². The smallest absolute Gasteiger partial charge is 0.162 e. The number of benzene rings is 1. The summed E-state index contributed by atoms with van der Waals surface area (Å²) in [5.74, 6) is 0.873. The highest BCUT2D eigenvalue weighted by Gasteiger charge is 2.16. The fourth-order valence-electron chi connectivity index (χ4n) is 2.48. The number of rotatable bonds is 6. The van der Waals surface area contributed by atoms with E-state index in [1.165, 1.54) is 0 Å². The van der Waals surface area contributed by atoms with Crippen molar-refractivity contribution in [3.8, 4) is 5.75 Å². The quantitative estimate of drug-likeness (QED) is 0.862. The Balaban J connectivity index is 1.86. The molecule has 0 spiro atoms. The molecule has 0 amide bonds. The van der Waals surface area contributed by atoms with E-state index in [1.54, 1.807) is 7.11 Å². The average Bonchev–Trinajstić information content (AvgIpc) is 2.46. The number of carbonyl (C=O) groups excluding carboxylic acids is 1. The molecule has 1 aliphatic heterocycles. The number of nitrogens with one attached hydrogen (secondary N) is 1. The summed E-state index contributed by atoms with van der Waals surface area (Å²) in [4.78, 5) is 12.0. The molecule has 0 saturated carbocycles. The van der Waals surface area contributed by atoms with Crippen LogP contribution in [0, 0.1) is 6.92 Å². The summed E-state index contributed by atoms with van der Waals surface area (Å²) >= 11 is 0. The molecule has 1 aliphatic rings. The van der Waals surface area contributed by atoms with E-state index in [1.807, 2.05) is 25.1 Å². The van der Waals surface area contributed by atoms with E-state index in [-0.39, 0.29) is 18.5 Å². The first-order valence-electron chi connectivity index (χ1n) is 7.16. The van der Waals surface area contributed by atoms with E-state index in [0.29, 0.717) is 6.42 Å². The SMILES string of the molecule is COc1ccc(C)cc1CC(=O)COC1CCNCC1. The van der Waals surface area contributed by atoms with E-state index in [2.05, 4.69) is 5.32 Å². The molecule has 0 unspecified atom stereocenters. The third-order valence-corrected chi connectivity index (χ3v) is 3.59. The van der Waals surface area contributed by atoms with Gasteiger partial charge in [-0.25, -0.2) is 0 Å². The summed E-state index contributed by atoms with van der Waals surface area (Å²) in [7, 11) is 1.63. The van der Waals surface area contributed by atoms with Gasteiger partial charge in [0.2, 0.25) is 0 Å². The fourth-order valence-corrected chi connectivity index (χ4v) is 2.48. The van der Waals surface area contributed by atoms with E-state index >= 15 is 0 Å². The van der Waals surface area contributed by atoms with Crippen molar-refractivity contribution in [1.29, 1.82) is 0 Å². The fraction of sp³-hybridized carbons (Fsp3) is 0.562. The Bertz CT molecular complexity index is 453. The van der Waals surface area contributed by atoms with Crippen molar-refractivity contribution in [2.75, 3.05) is 26.8 Å². The molecule has 0 bridgehead atoms. The largest absolute Gasteiger partial charge is 0.496 e. The van der Waals surface area contributed by atoms with Crippen molar-refractivity contribution in [3.05, 3.63) is 29.3 Å². The number of ether oxygens (including phenoxy) is 2. The van der Waals surface area contributed by atoms with E-state index < -0.39 is 0 Å². The maximum atomic E-state index is 12.0. The molecule has 4 nitrogen and oxygen atoms in total. The lowest BCUT2D eigenvalue weighted by Gasteiger charge is -2.22. The average molecular weight is 277 g/mol. The molecule has 20 heavy (non-hydrogen) atoms. The molecule has 1 aromatic carbocycles. The standard InChI is InChI=1S/C16H23NO3/c1-12-3-4-16(19-2)13(9-12)10-14(18)11-20-15-5-7-17-8-6-15/h3-4,9,15,17H,5-8,10-11H2,1-2H3. The van der Waals surface area contributed by atoms with Crippen LogP contribution in [0.3, 0.4) is 0 Å². The summed E-state index contributed by atoms with van der Waals surface area (Å²) in [6.45, 7) is 4.16. The molecule has 0 aromatic heterocycles. The van der Waals surface area contributed by atoms with Gasteiger partial charge < -0.3 is 14.8 Å². The van der Waals surface area contributed by atoms with Crippen LogP contribution in [0.4, 0.5) is 0 Å². The number of aryl methyl sites for hydroxylation is 1. The number of ketones is 1.